The van der Waals surface area contributed by atoms with Gasteiger partial charge in [0.05, 0.1) is 12.8 Å². The fourth-order valence-corrected chi connectivity index (χ4v) is 2.43. The number of rotatable bonds is 4. The van der Waals surface area contributed by atoms with Gasteiger partial charge in [0.15, 0.2) is 11.5 Å². The lowest BCUT2D eigenvalue weighted by Gasteiger charge is -2.18. The predicted octanol–water partition coefficient (Wildman–Crippen LogP) is 3.43. The number of aryl methyl sites for hydroxylation is 1. The molecule has 0 saturated heterocycles. The quantitative estimate of drug-likeness (QED) is 0.875. The van der Waals surface area contributed by atoms with Crippen molar-refractivity contribution in [2.24, 2.45) is 0 Å². The molecule has 124 valence electrons. The summed E-state index contributed by atoms with van der Waals surface area (Å²) in [5, 5.41) is 2.83. The number of methoxy groups -OCH3 is 1. The van der Waals surface area contributed by atoms with E-state index in [4.69, 9.17) is 14.2 Å². The number of carbonyl (C=O) groups excluding carboxylic acids is 1. The predicted molar refractivity (Wildman–Crippen MR) is 92.8 cm³/mol. The van der Waals surface area contributed by atoms with Crippen molar-refractivity contribution in [2.45, 2.75) is 6.92 Å². The van der Waals surface area contributed by atoms with Crippen LogP contribution in [0.3, 0.4) is 0 Å². The highest BCUT2D eigenvalue weighted by atomic mass is 16.6. The van der Waals surface area contributed by atoms with E-state index in [0.717, 1.165) is 16.9 Å². The average molecular weight is 325 g/mol. The molecule has 5 heteroatoms. The number of amides is 1. The Balaban J connectivity index is 1.71. The van der Waals surface area contributed by atoms with Crippen LogP contribution in [-0.4, -0.2) is 26.2 Å². The molecule has 1 amide bonds. The largest absolute Gasteiger partial charge is 0.495 e. The van der Waals surface area contributed by atoms with E-state index >= 15 is 0 Å². The number of anilines is 1. The van der Waals surface area contributed by atoms with Crippen LogP contribution < -0.4 is 19.5 Å². The van der Waals surface area contributed by atoms with E-state index in [1.165, 1.54) is 6.08 Å². The Kier molecular flexibility index (Phi) is 4.70. The highest BCUT2D eigenvalue weighted by Crippen LogP contribution is 2.31. The Morgan fingerprint density at radius 2 is 1.92 bits per heavy atom. The van der Waals surface area contributed by atoms with Crippen molar-refractivity contribution < 1.29 is 19.0 Å². The zero-order chi connectivity index (χ0) is 16.9. The molecule has 2 aromatic rings. The molecular weight excluding hydrogens is 306 g/mol. The van der Waals surface area contributed by atoms with Crippen molar-refractivity contribution >= 4 is 17.7 Å². The van der Waals surface area contributed by atoms with Gasteiger partial charge < -0.3 is 19.5 Å². The average Bonchev–Trinajstić information content (AvgIpc) is 2.60. The zero-order valence-corrected chi connectivity index (χ0v) is 13.7. The number of hydrogen-bond donors (Lipinski definition) is 1. The SMILES string of the molecule is COc1ccc(C)cc1NC(=O)/C=C/c1ccc2c(c1)OCCO2. The molecular formula is C19H19NO4. The number of ether oxygens (including phenoxy) is 3. The van der Waals surface area contributed by atoms with Gasteiger partial charge in [0.25, 0.3) is 0 Å². The summed E-state index contributed by atoms with van der Waals surface area (Å²) in [5.41, 5.74) is 2.56. The van der Waals surface area contributed by atoms with Gasteiger partial charge in [-0.25, -0.2) is 0 Å². The van der Waals surface area contributed by atoms with E-state index in [1.54, 1.807) is 13.2 Å². The maximum Gasteiger partial charge on any atom is 0.248 e. The topological polar surface area (TPSA) is 56.8 Å². The summed E-state index contributed by atoms with van der Waals surface area (Å²) in [6.45, 7) is 3.05. The molecule has 1 heterocycles. The fourth-order valence-electron chi connectivity index (χ4n) is 2.43. The summed E-state index contributed by atoms with van der Waals surface area (Å²) >= 11 is 0. The molecule has 0 bridgehead atoms. The summed E-state index contributed by atoms with van der Waals surface area (Å²) < 4.78 is 16.3. The maximum absolute atomic E-state index is 12.1. The Morgan fingerprint density at radius 3 is 2.71 bits per heavy atom. The highest BCUT2D eigenvalue weighted by molar-refractivity contribution is 6.02. The molecule has 0 fully saturated rings. The number of carbonyl (C=O) groups is 1. The lowest BCUT2D eigenvalue weighted by molar-refractivity contribution is -0.111. The molecule has 3 rings (SSSR count). The minimum Gasteiger partial charge on any atom is -0.495 e. The molecule has 0 aliphatic carbocycles. The summed E-state index contributed by atoms with van der Waals surface area (Å²) in [4.78, 5) is 12.1. The van der Waals surface area contributed by atoms with Crippen LogP contribution in [0.4, 0.5) is 5.69 Å². The second-order valence-electron chi connectivity index (χ2n) is 5.43. The van der Waals surface area contributed by atoms with Crippen molar-refractivity contribution in [1.29, 1.82) is 0 Å². The van der Waals surface area contributed by atoms with Gasteiger partial charge in [-0.15, -0.1) is 0 Å². The molecule has 24 heavy (non-hydrogen) atoms. The monoisotopic (exact) mass is 325 g/mol. The second-order valence-corrected chi connectivity index (χ2v) is 5.43. The minimum absolute atomic E-state index is 0.228. The van der Waals surface area contributed by atoms with Gasteiger partial charge in [-0.3, -0.25) is 4.79 Å². The molecule has 1 N–H and O–H groups in total. The molecule has 1 aliphatic heterocycles. The third kappa shape index (κ3) is 3.68. The maximum atomic E-state index is 12.1. The summed E-state index contributed by atoms with van der Waals surface area (Å²) in [7, 11) is 1.57. The Hall–Kier alpha value is -2.95. The van der Waals surface area contributed by atoms with E-state index < -0.39 is 0 Å². The van der Waals surface area contributed by atoms with Crippen molar-refractivity contribution in [3.8, 4) is 17.2 Å². The third-order valence-electron chi connectivity index (χ3n) is 3.61. The molecule has 1 aliphatic rings. The Labute approximate surface area is 140 Å². The minimum atomic E-state index is -0.228. The Morgan fingerprint density at radius 1 is 1.12 bits per heavy atom. The van der Waals surface area contributed by atoms with E-state index in [2.05, 4.69) is 5.32 Å². The van der Waals surface area contributed by atoms with E-state index in [-0.39, 0.29) is 5.91 Å². The molecule has 0 atom stereocenters. The summed E-state index contributed by atoms with van der Waals surface area (Å²) in [5.74, 6) is 1.83. The number of benzene rings is 2. The normalized spacial score (nSPS) is 12.9. The first-order valence-corrected chi connectivity index (χ1v) is 7.69. The van der Waals surface area contributed by atoms with Crippen LogP contribution in [-0.2, 0) is 4.79 Å². The van der Waals surface area contributed by atoms with E-state index in [1.807, 2.05) is 43.3 Å². The van der Waals surface area contributed by atoms with Crippen molar-refractivity contribution in [2.75, 3.05) is 25.6 Å². The standard InChI is InChI=1S/C19H19NO4/c1-13-3-6-16(22-2)15(11-13)20-19(21)8-5-14-4-7-17-18(12-14)24-10-9-23-17/h3-8,11-12H,9-10H2,1-2H3,(H,20,21)/b8-5+. The first-order valence-electron chi connectivity index (χ1n) is 7.69. The van der Waals surface area contributed by atoms with E-state index in [0.29, 0.717) is 30.4 Å². The first kappa shape index (κ1) is 15.9. The zero-order valence-electron chi connectivity index (χ0n) is 13.7. The van der Waals surface area contributed by atoms with Crippen LogP contribution in [0, 0.1) is 6.92 Å². The summed E-state index contributed by atoms with van der Waals surface area (Å²) in [6, 6.07) is 11.2. The molecule has 0 radical (unpaired) electrons. The third-order valence-corrected chi connectivity index (χ3v) is 3.61. The van der Waals surface area contributed by atoms with Gasteiger partial charge in [-0.05, 0) is 48.4 Å². The van der Waals surface area contributed by atoms with Gasteiger partial charge in [0.2, 0.25) is 5.91 Å². The van der Waals surface area contributed by atoms with Crippen molar-refractivity contribution in [3.05, 3.63) is 53.6 Å². The van der Waals surface area contributed by atoms with Crippen LogP contribution >= 0.6 is 0 Å². The molecule has 0 aromatic heterocycles. The van der Waals surface area contributed by atoms with Gasteiger partial charge >= 0.3 is 0 Å². The molecule has 0 saturated carbocycles. The molecule has 5 nitrogen and oxygen atoms in total. The smallest absolute Gasteiger partial charge is 0.248 e. The van der Waals surface area contributed by atoms with Crippen molar-refractivity contribution in [3.63, 3.8) is 0 Å². The highest BCUT2D eigenvalue weighted by Gasteiger charge is 2.11. The van der Waals surface area contributed by atoms with Crippen LogP contribution in [0.15, 0.2) is 42.5 Å². The second kappa shape index (κ2) is 7.08. The number of hydrogen-bond acceptors (Lipinski definition) is 4. The van der Waals surface area contributed by atoms with Gasteiger partial charge in [-0.1, -0.05) is 12.1 Å². The fraction of sp³-hybridized carbons (Fsp3) is 0.211. The van der Waals surface area contributed by atoms with Crippen molar-refractivity contribution in [1.82, 2.24) is 0 Å². The lowest BCUT2D eigenvalue weighted by atomic mass is 10.1. The van der Waals surface area contributed by atoms with Crippen LogP contribution in [0.25, 0.3) is 6.08 Å². The van der Waals surface area contributed by atoms with Gasteiger partial charge in [0, 0.05) is 6.08 Å². The van der Waals surface area contributed by atoms with Crippen LogP contribution in [0.2, 0.25) is 0 Å². The lowest BCUT2D eigenvalue weighted by Crippen LogP contribution is -2.15. The Bertz CT molecular complexity index is 783. The van der Waals surface area contributed by atoms with Gasteiger partial charge in [-0.2, -0.15) is 0 Å². The van der Waals surface area contributed by atoms with Gasteiger partial charge in [0.1, 0.15) is 19.0 Å². The molecule has 0 spiro atoms. The number of nitrogens with one attached hydrogen (secondary N) is 1. The summed E-state index contributed by atoms with van der Waals surface area (Å²) in [6.07, 6.45) is 3.21. The van der Waals surface area contributed by atoms with Crippen LogP contribution in [0.5, 0.6) is 17.2 Å². The number of fused-ring (bicyclic) bond motifs is 1. The molecule has 0 unspecified atom stereocenters. The van der Waals surface area contributed by atoms with Crippen LogP contribution in [0.1, 0.15) is 11.1 Å². The first-order chi connectivity index (χ1) is 11.7. The molecule has 2 aromatic carbocycles. The van der Waals surface area contributed by atoms with E-state index in [9.17, 15) is 4.79 Å².